The van der Waals surface area contributed by atoms with Crippen LogP contribution in [0, 0.1) is 0 Å². The summed E-state index contributed by atoms with van der Waals surface area (Å²) in [6.45, 7) is 6.81. The third kappa shape index (κ3) is 2.93. The largest absolute Gasteiger partial charge is 0.478 e. The molecule has 0 unspecified atom stereocenters. The molecule has 6 heteroatoms. The fraction of sp³-hybridized carbons (Fsp3) is 0.462. The highest BCUT2D eigenvalue weighted by atomic mass is 35.5. The number of nitrogens with zero attached hydrogens (tertiary/aromatic N) is 2. The number of rotatable bonds is 3. The number of carbonyl (C=O) groups is 1. The van der Waals surface area contributed by atoms with Crippen molar-refractivity contribution < 1.29 is 9.90 Å². The van der Waals surface area contributed by atoms with E-state index < -0.39 is 5.97 Å². The van der Waals surface area contributed by atoms with Gasteiger partial charge in [0.2, 0.25) is 0 Å². The zero-order valence-corrected chi connectivity index (χ0v) is 11.7. The van der Waals surface area contributed by atoms with Crippen LogP contribution in [-0.2, 0) is 0 Å². The first-order valence-corrected chi connectivity index (χ1v) is 6.70. The fourth-order valence-corrected chi connectivity index (χ4v) is 2.71. The Hall–Kier alpha value is -1.46. The summed E-state index contributed by atoms with van der Waals surface area (Å²) in [5.41, 5.74) is 7.26. The van der Waals surface area contributed by atoms with Crippen molar-refractivity contribution in [3.8, 4) is 0 Å². The number of aromatic carboxylic acids is 1. The zero-order valence-electron chi connectivity index (χ0n) is 10.9. The van der Waals surface area contributed by atoms with Crippen LogP contribution < -0.4 is 10.6 Å². The van der Waals surface area contributed by atoms with E-state index in [2.05, 4.69) is 16.7 Å². The molecule has 2 rings (SSSR count). The van der Waals surface area contributed by atoms with E-state index in [0.29, 0.717) is 10.7 Å². The Bertz CT molecular complexity index is 462. The van der Waals surface area contributed by atoms with E-state index in [1.54, 1.807) is 0 Å². The second-order valence-electron chi connectivity index (χ2n) is 4.62. The molecule has 1 aliphatic heterocycles. The summed E-state index contributed by atoms with van der Waals surface area (Å²) in [7, 11) is 0. The highest BCUT2D eigenvalue weighted by Gasteiger charge is 2.21. The standard InChI is InChI=1S/C13H18ClN3O2/c1-2-16-3-5-17(6-4-16)12-10(14)7-9(13(18)19)8-11(12)15/h7-8H,2-6,15H2,1H3,(H,18,19). The fourth-order valence-electron chi connectivity index (χ4n) is 2.37. The number of likely N-dealkylation sites (N-methyl/N-ethyl adjacent to an activating group) is 1. The van der Waals surface area contributed by atoms with Crippen molar-refractivity contribution in [1.82, 2.24) is 4.90 Å². The van der Waals surface area contributed by atoms with Gasteiger partial charge in [0.15, 0.2) is 0 Å². The van der Waals surface area contributed by atoms with Crippen molar-refractivity contribution in [2.75, 3.05) is 43.4 Å². The first kappa shape index (κ1) is 14.0. The molecular formula is C13H18ClN3O2. The van der Waals surface area contributed by atoms with Gasteiger partial charge in [-0.15, -0.1) is 0 Å². The smallest absolute Gasteiger partial charge is 0.335 e. The molecule has 0 spiro atoms. The van der Waals surface area contributed by atoms with Gasteiger partial charge in [0.25, 0.3) is 0 Å². The number of carboxylic acid groups (broad SMARTS) is 1. The quantitative estimate of drug-likeness (QED) is 0.827. The van der Waals surface area contributed by atoms with Crippen molar-refractivity contribution in [3.63, 3.8) is 0 Å². The van der Waals surface area contributed by atoms with Crippen LogP contribution in [0.3, 0.4) is 0 Å². The highest BCUT2D eigenvalue weighted by Crippen LogP contribution is 2.34. The van der Waals surface area contributed by atoms with Crippen molar-refractivity contribution in [2.24, 2.45) is 0 Å². The molecule has 1 fully saturated rings. The third-order valence-electron chi connectivity index (χ3n) is 3.48. The molecule has 0 bridgehead atoms. The van der Waals surface area contributed by atoms with Crippen LogP contribution in [0.2, 0.25) is 5.02 Å². The Morgan fingerprint density at radius 3 is 2.47 bits per heavy atom. The van der Waals surface area contributed by atoms with Crippen LogP contribution in [-0.4, -0.2) is 48.7 Å². The number of hydrogen-bond donors (Lipinski definition) is 2. The molecule has 1 aromatic carbocycles. The van der Waals surface area contributed by atoms with E-state index in [4.69, 9.17) is 22.4 Å². The van der Waals surface area contributed by atoms with Gasteiger partial charge in [0.1, 0.15) is 0 Å². The molecule has 0 saturated carbocycles. The molecule has 3 N–H and O–H groups in total. The maximum Gasteiger partial charge on any atom is 0.335 e. The average Bonchev–Trinajstić information content (AvgIpc) is 2.38. The molecule has 0 amide bonds. The molecule has 5 nitrogen and oxygen atoms in total. The summed E-state index contributed by atoms with van der Waals surface area (Å²) >= 11 is 6.18. The summed E-state index contributed by atoms with van der Waals surface area (Å²) in [6.07, 6.45) is 0. The summed E-state index contributed by atoms with van der Waals surface area (Å²) in [5, 5.41) is 9.37. The van der Waals surface area contributed by atoms with Crippen LogP contribution >= 0.6 is 11.6 Å². The number of anilines is 2. The van der Waals surface area contributed by atoms with E-state index in [-0.39, 0.29) is 5.56 Å². The lowest BCUT2D eigenvalue weighted by molar-refractivity contribution is 0.0697. The summed E-state index contributed by atoms with van der Waals surface area (Å²) in [5.74, 6) is -1.02. The SMILES string of the molecule is CCN1CCN(c2c(N)cc(C(=O)O)cc2Cl)CC1. The average molecular weight is 284 g/mol. The van der Waals surface area contributed by atoms with Crippen molar-refractivity contribution >= 4 is 28.9 Å². The van der Waals surface area contributed by atoms with Gasteiger partial charge in [0, 0.05) is 26.2 Å². The Morgan fingerprint density at radius 2 is 2.00 bits per heavy atom. The normalized spacial score (nSPS) is 16.6. The molecule has 1 heterocycles. The number of piperazine rings is 1. The Morgan fingerprint density at radius 1 is 1.37 bits per heavy atom. The van der Waals surface area contributed by atoms with Crippen LogP contribution in [0.25, 0.3) is 0 Å². The molecular weight excluding hydrogens is 266 g/mol. The maximum atomic E-state index is 10.9. The van der Waals surface area contributed by atoms with Crippen LogP contribution in [0.1, 0.15) is 17.3 Å². The minimum Gasteiger partial charge on any atom is -0.478 e. The maximum absolute atomic E-state index is 10.9. The topological polar surface area (TPSA) is 69.8 Å². The third-order valence-corrected chi connectivity index (χ3v) is 3.76. The van der Waals surface area contributed by atoms with Gasteiger partial charge >= 0.3 is 5.97 Å². The summed E-state index contributed by atoms with van der Waals surface area (Å²) in [6, 6.07) is 2.93. The molecule has 0 radical (unpaired) electrons. The number of carboxylic acids is 1. The van der Waals surface area contributed by atoms with Crippen molar-refractivity contribution in [1.29, 1.82) is 0 Å². The second-order valence-corrected chi connectivity index (χ2v) is 5.03. The van der Waals surface area contributed by atoms with Crippen molar-refractivity contribution in [3.05, 3.63) is 22.7 Å². The van der Waals surface area contributed by atoms with Gasteiger partial charge < -0.3 is 20.6 Å². The van der Waals surface area contributed by atoms with Crippen LogP contribution in [0.4, 0.5) is 11.4 Å². The number of halogens is 1. The van der Waals surface area contributed by atoms with Crippen molar-refractivity contribution in [2.45, 2.75) is 6.92 Å². The Kier molecular flexibility index (Phi) is 4.17. The van der Waals surface area contributed by atoms with Gasteiger partial charge in [-0.05, 0) is 18.7 Å². The van der Waals surface area contributed by atoms with E-state index in [1.165, 1.54) is 12.1 Å². The first-order chi connectivity index (χ1) is 9.02. The molecule has 1 saturated heterocycles. The van der Waals surface area contributed by atoms with Crippen LogP contribution in [0.5, 0.6) is 0 Å². The molecule has 1 aliphatic rings. The van der Waals surface area contributed by atoms with Gasteiger partial charge in [-0.25, -0.2) is 4.79 Å². The van der Waals surface area contributed by atoms with E-state index in [0.717, 1.165) is 38.4 Å². The molecule has 1 aromatic rings. The molecule has 0 aliphatic carbocycles. The minimum atomic E-state index is -1.02. The monoisotopic (exact) mass is 283 g/mol. The molecule has 0 aromatic heterocycles. The zero-order chi connectivity index (χ0) is 14.0. The lowest BCUT2D eigenvalue weighted by Crippen LogP contribution is -2.46. The molecule has 19 heavy (non-hydrogen) atoms. The Labute approximate surface area is 117 Å². The van der Waals surface area contributed by atoms with E-state index in [1.807, 2.05) is 0 Å². The predicted octanol–water partition coefficient (Wildman–Crippen LogP) is 1.76. The number of hydrogen-bond acceptors (Lipinski definition) is 4. The van der Waals surface area contributed by atoms with E-state index in [9.17, 15) is 4.79 Å². The van der Waals surface area contributed by atoms with Gasteiger partial charge in [-0.2, -0.15) is 0 Å². The molecule has 0 atom stereocenters. The summed E-state index contributed by atoms with van der Waals surface area (Å²) in [4.78, 5) is 15.4. The van der Waals surface area contributed by atoms with Gasteiger partial charge in [-0.1, -0.05) is 18.5 Å². The summed E-state index contributed by atoms with van der Waals surface area (Å²) < 4.78 is 0. The second kappa shape index (κ2) is 5.67. The van der Waals surface area contributed by atoms with Gasteiger partial charge in [0.05, 0.1) is 22.0 Å². The number of nitrogen functional groups attached to an aromatic ring is 1. The lowest BCUT2D eigenvalue weighted by atomic mass is 10.1. The van der Waals surface area contributed by atoms with Gasteiger partial charge in [-0.3, -0.25) is 0 Å². The highest BCUT2D eigenvalue weighted by molar-refractivity contribution is 6.34. The number of nitrogens with two attached hydrogens (primary N) is 1. The molecule has 104 valence electrons. The van der Waals surface area contributed by atoms with Crippen LogP contribution in [0.15, 0.2) is 12.1 Å². The van der Waals surface area contributed by atoms with E-state index >= 15 is 0 Å². The Balaban J connectivity index is 2.24. The first-order valence-electron chi connectivity index (χ1n) is 6.32. The number of benzene rings is 1. The lowest BCUT2D eigenvalue weighted by Gasteiger charge is -2.36. The predicted molar refractivity (Wildman–Crippen MR) is 77.2 cm³/mol. The minimum absolute atomic E-state index is 0.124.